The van der Waals surface area contributed by atoms with Crippen molar-refractivity contribution in [3.8, 4) is 0 Å². The average Bonchev–Trinajstić information content (AvgIpc) is 1.94. The van der Waals surface area contributed by atoms with Crippen LogP contribution in [-0.4, -0.2) is 5.78 Å². The van der Waals surface area contributed by atoms with Gasteiger partial charge in [-0.2, -0.15) is 0 Å². The lowest BCUT2D eigenvalue weighted by Crippen LogP contribution is -2.57. The van der Waals surface area contributed by atoms with Gasteiger partial charge in [-0.1, -0.05) is 26.8 Å². The highest BCUT2D eigenvalue weighted by Crippen LogP contribution is 2.63. The van der Waals surface area contributed by atoms with Crippen LogP contribution in [0.25, 0.3) is 0 Å². The predicted molar refractivity (Wildman–Crippen MR) is 44.1 cm³/mol. The number of ketones is 1. The summed E-state index contributed by atoms with van der Waals surface area (Å²) in [6.45, 7) is 6.64. The molecule has 0 aliphatic heterocycles. The molecule has 2 unspecified atom stereocenters. The molecule has 11 heavy (non-hydrogen) atoms. The van der Waals surface area contributed by atoms with E-state index >= 15 is 0 Å². The summed E-state index contributed by atoms with van der Waals surface area (Å²) in [5.41, 5.74) is 0.504. The highest BCUT2D eigenvalue weighted by Gasteiger charge is 2.59. The molecule has 1 saturated carbocycles. The van der Waals surface area contributed by atoms with Crippen molar-refractivity contribution in [1.29, 1.82) is 0 Å². The monoisotopic (exact) mass is 150 g/mol. The minimum absolute atomic E-state index is 0.207. The summed E-state index contributed by atoms with van der Waals surface area (Å²) >= 11 is 0. The van der Waals surface area contributed by atoms with Crippen LogP contribution in [0.3, 0.4) is 0 Å². The van der Waals surface area contributed by atoms with Crippen molar-refractivity contribution < 1.29 is 4.79 Å². The Morgan fingerprint density at radius 3 is 2.45 bits per heavy atom. The Morgan fingerprint density at radius 2 is 2.09 bits per heavy atom. The number of rotatable bonds is 0. The Hall–Kier alpha value is -0.590. The maximum absolute atomic E-state index is 11.3. The molecule has 0 saturated heterocycles. The summed E-state index contributed by atoms with van der Waals surface area (Å²) in [6, 6.07) is 0. The summed E-state index contributed by atoms with van der Waals surface area (Å²) in [5.74, 6) is 0.635. The maximum atomic E-state index is 11.3. The first-order valence-electron chi connectivity index (χ1n) is 4.20. The first-order valence-corrected chi connectivity index (χ1v) is 4.20. The van der Waals surface area contributed by atoms with E-state index in [2.05, 4.69) is 26.8 Å². The normalized spacial score (nSPS) is 45.4. The molecule has 60 valence electrons. The molecular weight excluding hydrogens is 136 g/mol. The molecule has 2 atom stereocenters. The van der Waals surface area contributed by atoms with Gasteiger partial charge in [-0.15, -0.1) is 0 Å². The molecule has 3 aliphatic carbocycles. The highest BCUT2D eigenvalue weighted by molar-refractivity contribution is 5.95. The summed E-state index contributed by atoms with van der Waals surface area (Å²) < 4.78 is 0. The number of carbonyl (C=O) groups excluding carboxylic acids is 1. The molecule has 3 aliphatic rings. The fraction of sp³-hybridized carbons (Fsp3) is 0.700. The van der Waals surface area contributed by atoms with Gasteiger partial charge in [0.1, 0.15) is 0 Å². The fourth-order valence-electron chi connectivity index (χ4n) is 2.33. The molecular formula is C10H14O. The Kier molecular flexibility index (Phi) is 1.03. The molecule has 1 nitrogen and oxygen atoms in total. The van der Waals surface area contributed by atoms with E-state index in [0.29, 0.717) is 17.1 Å². The van der Waals surface area contributed by atoms with Gasteiger partial charge in [-0.3, -0.25) is 4.79 Å². The Bertz CT molecular complexity index is 250. The van der Waals surface area contributed by atoms with Gasteiger partial charge in [0.2, 0.25) is 0 Å². The smallest absolute Gasteiger partial charge is 0.159 e. The molecule has 1 heteroatoms. The van der Waals surface area contributed by atoms with Gasteiger partial charge in [0.15, 0.2) is 5.78 Å². The molecule has 2 bridgehead atoms. The summed E-state index contributed by atoms with van der Waals surface area (Å²) in [4.78, 5) is 11.3. The molecule has 0 aromatic heterocycles. The topological polar surface area (TPSA) is 17.1 Å². The molecule has 1 fully saturated rings. The standard InChI is InChI=1S/C10H14O/c1-9(2)7-6-10(9,3)5-4-8(7)11/h4-5,7H,6H2,1-3H3. The second-order valence-corrected chi connectivity index (χ2v) is 4.63. The van der Waals surface area contributed by atoms with Crippen LogP contribution in [0.1, 0.15) is 27.2 Å². The van der Waals surface area contributed by atoms with Crippen LogP contribution in [0.15, 0.2) is 12.2 Å². The third-order valence-electron chi connectivity index (χ3n) is 3.93. The van der Waals surface area contributed by atoms with Crippen LogP contribution < -0.4 is 0 Å². The van der Waals surface area contributed by atoms with Crippen LogP contribution >= 0.6 is 0 Å². The number of hydrogen-bond acceptors (Lipinski definition) is 1. The number of fused-ring (bicyclic) bond motifs is 1. The molecule has 0 aromatic rings. The molecule has 0 aromatic carbocycles. The van der Waals surface area contributed by atoms with E-state index in [4.69, 9.17) is 0 Å². The van der Waals surface area contributed by atoms with Crippen molar-refractivity contribution in [2.45, 2.75) is 27.2 Å². The van der Waals surface area contributed by atoms with Crippen molar-refractivity contribution >= 4 is 5.78 Å². The fourth-order valence-corrected chi connectivity index (χ4v) is 2.33. The lowest BCUT2D eigenvalue weighted by Gasteiger charge is -2.60. The van der Waals surface area contributed by atoms with E-state index in [9.17, 15) is 4.79 Å². The lowest BCUT2D eigenvalue weighted by molar-refractivity contribution is -0.144. The average molecular weight is 150 g/mol. The van der Waals surface area contributed by atoms with Gasteiger partial charge in [-0.25, -0.2) is 0 Å². The molecule has 0 spiro atoms. The van der Waals surface area contributed by atoms with Crippen molar-refractivity contribution in [2.75, 3.05) is 0 Å². The predicted octanol–water partition coefficient (Wildman–Crippen LogP) is 2.18. The maximum Gasteiger partial charge on any atom is 0.159 e. The van der Waals surface area contributed by atoms with Gasteiger partial charge >= 0.3 is 0 Å². The number of allylic oxidation sites excluding steroid dienone is 2. The third kappa shape index (κ3) is 0.597. The van der Waals surface area contributed by atoms with Crippen molar-refractivity contribution in [3.05, 3.63) is 12.2 Å². The van der Waals surface area contributed by atoms with Crippen molar-refractivity contribution in [1.82, 2.24) is 0 Å². The second kappa shape index (κ2) is 1.60. The van der Waals surface area contributed by atoms with Crippen molar-refractivity contribution in [2.24, 2.45) is 16.7 Å². The first-order chi connectivity index (χ1) is 4.97. The zero-order valence-corrected chi connectivity index (χ0v) is 7.35. The zero-order chi connectivity index (χ0) is 8.28. The van der Waals surface area contributed by atoms with E-state index < -0.39 is 0 Å². The molecule has 0 heterocycles. The zero-order valence-electron chi connectivity index (χ0n) is 7.35. The minimum atomic E-state index is 0.207. The molecule has 3 rings (SSSR count). The van der Waals surface area contributed by atoms with E-state index in [1.54, 1.807) is 6.08 Å². The Balaban J connectivity index is 2.46. The quantitative estimate of drug-likeness (QED) is 0.517. The summed E-state index contributed by atoms with van der Waals surface area (Å²) in [6.07, 6.45) is 4.92. The van der Waals surface area contributed by atoms with Gasteiger partial charge in [0.25, 0.3) is 0 Å². The minimum Gasteiger partial charge on any atom is -0.295 e. The number of hydrogen-bond donors (Lipinski definition) is 0. The Labute approximate surface area is 67.5 Å². The van der Waals surface area contributed by atoms with Crippen LogP contribution in [-0.2, 0) is 4.79 Å². The van der Waals surface area contributed by atoms with Crippen LogP contribution in [0.5, 0.6) is 0 Å². The van der Waals surface area contributed by atoms with Gasteiger partial charge < -0.3 is 0 Å². The first kappa shape index (κ1) is 7.08. The van der Waals surface area contributed by atoms with E-state index in [0.717, 1.165) is 6.42 Å². The Morgan fingerprint density at radius 1 is 1.45 bits per heavy atom. The highest BCUT2D eigenvalue weighted by atomic mass is 16.1. The van der Waals surface area contributed by atoms with Gasteiger partial charge in [0, 0.05) is 5.92 Å². The number of carbonyl (C=O) groups is 1. The van der Waals surface area contributed by atoms with Crippen LogP contribution in [0, 0.1) is 16.7 Å². The third-order valence-corrected chi connectivity index (χ3v) is 3.93. The lowest BCUT2D eigenvalue weighted by atomic mass is 9.43. The SMILES string of the molecule is CC12C=CC(=O)C(C1)C2(C)C. The van der Waals surface area contributed by atoms with Gasteiger partial charge in [-0.05, 0) is 23.3 Å². The van der Waals surface area contributed by atoms with Gasteiger partial charge in [0.05, 0.1) is 0 Å². The van der Waals surface area contributed by atoms with Crippen molar-refractivity contribution in [3.63, 3.8) is 0 Å². The molecule has 0 N–H and O–H groups in total. The van der Waals surface area contributed by atoms with Crippen LogP contribution in [0.2, 0.25) is 0 Å². The van der Waals surface area contributed by atoms with E-state index in [1.807, 2.05) is 0 Å². The van der Waals surface area contributed by atoms with E-state index in [1.165, 1.54) is 0 Å². The summed E-state index contributed by atoms with van der Waals surface area (Å²) in [7, 11) is 0. The largest absolute Gasteiger partial charge is 0.295 e. The summed E-state index contributed by atoms with van der Waals surface area (Å²) in [5, 5.41) is 0. The second-order valence-electron chi connectivity index (χ2n) is 4.63. The molecule has 0 amide bonds. The van der Waals surface area contributed by atoms with E-state index in [-0.39, 0.29) is 5.41 Å². The molecule has 0 radical (unpaired) electrons. The van der Waals surface area contributed by atoms with Crippen LogP contribution in [0.4, 0.5) is 0 Å².